The molecule has 1 heterocycles. The lowest BCUT2D eigenvalue weighted by atomic mass is 10.1. The second-order valence-electron chi connectivity index (χ2n) is 7.37. The normalized spacial score (nSPS) is 14.5. The predicted molar refractivity (Wildman–Crippen MR) is 150 cm³/mol. The number of carbonyl (C=O) groups is 1. The Morgan fingerprint density at radius 3 is 2.54 bits per heavy atom. The molecule has 0 unspecified atom stereocenters. The molecule has 0 aromatic heterocycles. The van der Waals surface area contributed by atoms with Gasteiger partial charge in [-0.1, -0.05) is 65.9 Å². The molecule has 35 heavy (non-hydrogen) atoms. The molecule has 1 aliphatic rings. The van der Waals surface area contributed by atoms with Crippen molar-refractivity contribution in [3.63, 3.8) is 0 Å². The predicted octanol–water partition coefficient (Wildman–Crippen LogP) is 7.49. The van der Waals surface area contributed by atoms with Gasteiger partial charge in [-0.05, 0) is 70.4 Å². The van der Waals surface area contributed by atoms with Crippen LogP contribution in [0.3, 0.4) is 0 Å². The lowest BCUT2D eigenvalue weighted by molar-refractivity contribution is -0.113. The fraction of sp³-hybridized carbons (Fsp3) is 0.154. The first-order valence-electron chi connectivity index (χ1n) is 10.7. The lowest BCUT2D eigenvalue weighted by Crippen LogP contribution is -2.27. The van der Waals surface area contributed by atoms with Gasteiger partial charge in [-0.15, -0.1) is 0 Å². The first kappa shape index (κ1) is 25.6. The number of halogens is 2. The number of methoxy groups -OCH3 is 1. The van der Waals surface area contributed by atoms with Crippen molar-refractivity contribution in [3.05, 3.63) is 86.2 Å². The van der Waals surface area contributed by atoms with E-state index in [9.17, 15) is 4.79 Å². The third kappa shape index (κ3) is 5.83. The fourth-order valence-electron chi connectivity index (χ4n) is 3.44. The summed E-state index contributed by atoms with van der Waals surface area (Å²) in [5.41, 5.74) is 2.41. The maximum absolute atomic E-state index is 13.2. The molecular formula is C26H21BrClNO4S2. The summed E-state index contributed by atoms with van der Waals surface area (Å²) in [6.07, 6.45) is 1.79. The molecule has 9 heteroatoms. The summed E-state index contributed by atoms with van der Waals surface area (Å²) in [7, 11) is 1.54. The third-order valence-corrected chi connectivity index (χ3v) is 7.23. The van der Waals surface area contributed by atoms with Crippen LogP contribution in [0.1, 0.15) is 18.1 Å². The Bertz CT molecular complexity index is 1300. The van der Waals surface area contributed by atoms with E-state index in [2.05, 4.69) is 15.9 Å². The summed E-state index contributed by atoms with van der Waals surface area (Å²) in [5.74, 6) is 1.49. The zero-order valence-corrected chi connectivity index (χ0v) is 22.9. The molecule has 4 rings (SSSR count). The largest absolute Gasteiger partial charge is 0.495 e. The van der Waals surface area contributed by atoms with Gasteiger partial charge in [0, 0.05) is 0 Å². The van der Waals surface area contributed by atoms with Gasteiger partial charge in [0.25, 0.3) is 5.91 Å². The highest BCUT2D eigenvalue weighted by Gasteiger charge is 2.33. The minimum atomic E-state index is -0.222. The second kappa shape index (κ2) is 11.5. The van der Waals surface area contributed by atoms with Gasteiger partial charge in [-0.3, -0.25) is 9.69 Å². The van der Waals surface area contributed by atoms with Gasteiger partial charge in [0.1, 0.15) is 12.4 Å². The Morgan fingerprint density at radius 1 is 1.09 bits per heavy atom. The van der Waals surface area contributed by atoms with E-state index in [1.165, 1.54) is 23.8 Å². The number of benzene rings is 3. The van der Waals surface area contributed by atoms with Crippen LogP contribution in [0.2, 0.25) is 5.02 Å². The van der Waals surface area contributed by atoms with Crippen molar-refractivity contribution in [2.45, 2.75) is 13.5 Å². The summed E-state index contributed by atoms with van der Waals surface area (Å²) in [5, 5.41) is 0.402. The average molecular weight is 591 g/mol. The number of rotatable bonds is 8. The number of thioether (sulfide) groups is 1. The lowest BCUT2D eigenvalue weighted by Gasteiger charge is -2.16. The van der Waals surface area contributed by atoms with Gasteiger partial charge in [0.2, 0.25) is 0 Å². The quantitative estimate of drug-likeness (QED) is 0.200. The SMILES string of the molecule is CCOc1cc(/C=C2/SC(=S)N(c3ccc(OC)c(Cl)c3)C2=O)cc(Br)c1OCc1ccccc1. The topological polar surface area (TPSA) is 48.0 Å². The van der Waals surface area contributed by atoms with Crippen molar-refractivity contribution in [1.82, 2.24) is 0 Å². The number of amides is 1. The molecule has 3 aromatic rings. The van der Waals surface area contributed by atoms with Crippen molar-refractivity contribution in [3.8, 4) is 17.2 Å². The van der Waals surface area contributed by atoms with Gasteiger partial charge in [0.05, 0.1) is 33.8 Å². The monoisotopic (exact) mass is 589 g/mol. The summed E-state index contributed by atoms with van der Waals surface area (Å²) in [6.45, 7) is 2.78. The van der Waals surface area contributed by atoms with Gasteiger partial charge >= 0.3 is 0 Å². The van der Waals surface area contributed by atoms with Crippen LogP contribution >= 0.6 is 51.5 Å². The van der Waals surface area contributed by atoms with Crippen LogP contribution in [0.15, 0.2) is 70.0 Å². The van der Waals surface area contributed by atoms with Crippen molar-refractivity contribution >= 4 is 73.5 Å². The first-order valence-corrected chi connectivity index (χ1v) is 13.1. The molecule has 0 atom stereocenters. The summed E-state index contributed by atoms with van der Waals surface area (Å²) < 4.78 is 18.3. The van der Waals surface area contributed by atoms with E-state index in [0.29, 0.717) is 50.4 Å². The zero-order valence-electron chi connectivity index (χ0n) is 18.9. The maximum atomic E-state index is 13.2. The Balaban J connectivity index is 1.60. The minimum absolute atomic E-state index is 0.222. The highest BCUT2D eigenvalue weighted by atomic mass is 79.9. The number of nitrogens with zero attached hydrogens (tertiary/aromatic N) is 1. The van der Waals surface area contributed by atoms with Gasteiger partial charge in [-0.25, -0.2) is 0 Å². The molecule has 1 aliphatic heterocycles. The smallest absolute Gasteiger partial charge is 0.270 e. The summed E-state index contributed by atoms with van der Waals surface area (Å²) in [4.78, 5) is 15.2. The molecule has 180 valence electrons. The van der Waals surface area contributed by atoms with Crippen LogP contribution in [0, 0.1) is 0 Å². The van der Waals surface area contributed by atoms with Crippen LogP contribution in [0.5, 0.6) is 17.2 Å². The first-order chi connectivity index (χ1) is 16.9. The highest BCUT2D eigenvalue weighted by molar-refractivity contribution is 9.10. The minimum Gasteiger partial charge on any atom is -0.495 e. The fourth-order valence-corrected chi connectivity index (χ4v) is 5.57. The Kier molecular flexibility index (Phi) is 8.38. The van der Waals surface area contributed by atoms with Gasteiger partial charge in [-0.2, -0.15) is 0 Å². The van der Waals surface area contributed by atoms with Gasteiger partial charge in [0.15, 0.2) is 15.8 Å². The molecule has 0 bridgehead atoms. The molecule has 0 aliphatic carbocycles. The van der Waals surface area contributed by atoms with E-state index in [4.69, 9.17) is 38.0 Å². The molecule has 0 radical (unpaired) electrons. The van der Waals surface area contributed by atoms with E-state index in [-0.39, 0.29) is 5.91 Å². The van der Waals surface area contributed by atoms with Crippen LogP contribution in [0.4, 0.5) is 5.69 Å². The number of anilines is 1. The van der Waals surface area contributed by atoms with Crippen molar-refractivity contribution in [1.29, 1.82) is 0 Å². The molecule has 3 aromatic carbocycles. The van der Waals surface area contributed by atoms with Crippen molar-refractivity contribution in [2.75, 3.05) is 18.6 Å². The van der Waals surface area contributed by atoms with E-state index in [1.54, 1.807) is 24.3 Å². The number of thiocarbonyl (C=S) groups is 1. The molecule has 0 spiro atoms. The second-order valence-corrected chi connectivity index (χ2v) is 10.3. The van der Waals surface area contributed by atoms with Crippen LogP contribution in [-0.2, 0) is 11.4 Å². The highest BCUT2D eigenvalue weighted by Crippen LogP contribution is 2.41. The number of carbonyl (C=O) groups excluding carboxylic acids is 1. The summed E-state index contributed by atoms with van der Waals surface area (Å²) in [6, 6.07) is 18.8. The van der Waals surface area contributed by atoms with Crippen molar-refractivity contribution in [2.24, 2.45) is 0 Å². The molecule has 0 N–H and O–H groups in total. The zero-order chi connectivity index (χ0) is 24.9. The number of ether oxygens (including phenoxy) is 3. The number of hydrogen-bond acceptors (Lipinski definition) is 6. The molecule has 1 amide bonds. The Hall–Kier alpha value is -2.52. The van der Waals surface area contributed by atoms with Crippen LogP contribution < -0.4 is 19.1 Å². The Labute approximate surface area is 227 Å². The van der Waals surface area contributed by atoms with Gasteiger partial charge < -0.3 is 14.2 Å². The molecule has 0 saturated carbocycles. The summed E-state index contributed by atoms with van der Waals surface area (Å²) >= 11 is 16.6. The Morgan fingerprint density at radius 2 is 1.86 bits per heavy atom. The van der Waals surface area contributed by atoms with Crippen LogP contribution in [-0.4, -0.2) is 23.9 Å². The molecule has 5 nitrogen and oxygen atoms in total. The molecule has 1 saturated heterocycles. The van der Waals surface area contributed by atoms with E-state index >= 15 is 0 Å². The molecular weight excluding hydrogens is 570 g/mol. The maximum Gasteiger partial charge on any atom is 0.270 e. The third-order valence-electron chi connectivity index (χ3n) is 5.04. The standard InChI is InChI=1S/C26H21BrClNO4S2/c1-3-32-22-12-17(11-19(27)24(22)33-15-16-7-5-4-6-8-16)13-23-25(30)29(26(34)35-23)18-9-10-21(31-2)20(28)14-18/h4-14H,3,15H2,1-2H3/b23-13+. The van der Waals surface area contributed by atoms with E-state index < -0.39 is 0 Å². The van der Waals surface area contributed by atoms with E-state index in [0.717, 1.165) is 15.6 Å². The number of hydrogen-bond donors (Lipinski definition) is 0. The van der Waals surface area contributed by atoms with E-state index in [1.807, 2.05) is 49.4 Å². The average Bonchev–Trinajstić information content (AvgIpc) is 3.11. The molecule has 1 fully saturated rings. The van der Waals surface area contributed by atoms with Crippen molar-refractivity contribution < 1.29 is 19.0 Å². The van der Waals surface area contributed by atoms with Crippen LogP contribution in [0.25, 0.3) is 6.08 Å².